The Hall–Kier alpha value is -2.51. The number of amides is 1. The summed E-state index contributed by atoms with van der Waals surface area (Å²) in [5, 5.41) is 8.28. The summed E-state index contributed by atoms with van der Waals surface area (Å²) in [6, 6.07) is 8.94. The van der Waals surface area contributed by atoms with Gasteiger partial charge in [0.05, 0.1) is 18.8 Å². The first kappa shape index (κ1) is 25.8. The van der Waals surface area contributed by atoms with Crippen molar-refractivity contribution >= 4 is 33.1 Å². The van der Waals surface area contributed by atoms with Gasteiger partial charge in [0.2, 0.25) is 0 Å². The molecule has 1 amide bonds. The zero-order chi connectivity index (χ0) is 26.2. The Labute approximate surface area is 229 Å². The van der Waals surface area contributed by atoms with Gasteiger partial charge in [0.15, 0.2) is 11.5 Å². The number of hydrogen-bond acceptors (Lipinski definition) is 5. The molecule has 3 heterocycles. The molecule has 0 spiro atoms. The van der Waals surface area contributed by atoms with Crippen LogP contribution in [0.25, 0.3) is 10.1 Å². The fraction of sp³-hybridized carbons (Fsp3) is 0.581. The van der Waals surface area contributed by atoms with Crippen LogP contribution in [0.3, 0.4) is 0 Å². The fourth-order valence-corrected chi connectivity index (χ4v) is 8.01. The van der Waals surface area contributed by atoms with Gasteiger partial charge >= 0.3 is 0 Å². The van der Waals surface area contributed by atoms with Crippen LogP contribution in [-0.4, -0.2) is 51.7 Å². The van der Waals surface area contributed by atoms with Gasteiger partial charge < -0.3 is 9.64 Å². The molecule has 0 unspecified atom stereocenters. The third kappa shape index (κ3) is 5.20. The second kappa shape index (κ2) is 10.9. The summed E-state index contributed by atoms with van der Waals surface area (Å²) in [5.74, 6) is 1.50. The highest BCUT2D eigenvalue weighted by atomic mass is 32.1. The number of carbonyl (C=O) groups is 2. The number of hydrogen-bond donors (Lipinski definition) is 0. The Morgan fingerprint density at radius 3 is 2.63 bits per heavy atom. The van der Waals surface area contributed by atoms with Gasteiger partial charge in [-0.2, -0.15) is 5.10 Å². The van der Waals surface area contributed by atoms with Gasteiger partial charge in [0.1, 0.15) is 0 Å². The van der Waals surface area contributed by atoms with Crippen molar-refractivity contribution < 1.29 is 14.3 Å². The Morgan fingerprint density at radius 2 is 1.84 bits per heavy atom. The second-order valence-electron chi connectivity index (χ2n) is 11.7. The van der Waals surface area contributed by atoms with Crippen molar-refractivity contribution in [3.8, 4) is 0 Å². The van der Waals surface area contributed by atoms with Crippen LogP contribution in [0, 0.1) is 5.92 Å². The van der Waals surface area contributed by atoms with E-state index >= 15 is 0 Å². The van der Waals surface area contributed by atoms with Crippen LogP contribution in [0.2, 0.25) is 0 Å². The Kier molecular flexibility index (Phi) is 7.41. The fourth-order valence-electron chi connectivity index (χ4n) is 7.02. The van der Waals surface area contributed by atoms with Crippen LogP contribution in [0.1, 0.15) is 92.0 Å². The lowest BCUT2D eigenvalue weighted by Gasteiger charge is -2.35. The lowest BCUT2D eigenvalue weighted by molar-refractivity contribution is -0.120. The summed E-state index contributed by atoms with van der Waals surface area (Å²) in [6.07, 6.45) is 9.26. The zero-order valence-electron chi connectivity index (χ0n) is 22.7. The van der Waals surface area contributed by atoms with E-state index in [9.17, 15) is 9.59 Å². The third-order valence-corrected chi connectivity index (χ3v) is 9.85. The quantitative estimate of drug-likeness (QED) is 0.365. The van der Waals surface area contributed by atoms with E-state index in [0.717, 1.165) is 36.9 Å². The van der Waals surface area contributed by atoms with E-state index in [1.165, 1.54) is 41.3 Å². The van der Waals surface area contributed by atoms with E-state index in [0.29, 0.717) is 43.6 Å². The molecule has 7 heteroatoms. The maximum Gasteiger partial charge on any atom is 0.274 e. The highest BCUT2D eigenvalue weighted by Gasteiger charge is 2.33. The summed E-state index contributed by atoms with van der Waals surface area (Å²) in [7, 11) is 0. The van der Waals surface area contributed by atoms with E-state index in [1.807, 2.05) is 34.8 Å². The number of benzene rings is 1. The van der Waals surface area contributed by atoms with Crippen molar-refractivity contribution in [3.05, 3.63) is 52.2 Å². The van der Waals surface area contributed by atoms with E-state index in [1.54, 1.807) is 0 Å². The van der Waals surface area contributed by atoms with E-state index in [4.69, 9.17) is 9.84 Å². The van der Waals surface area contributed by atoms with Gasteiger partial charge in [0.25, 0.3) is 5.91 Å². The second-order valence-corrected chi connectivity index (χ2v) is 12.6. The molecule has 3 aromatic rings. The summed E-state index contributed by atoms with van der Waals surface area (Å²) >= 11 is 1.86. The normalized spacial score (nSPS) is 25.6. The number of thiophene rings is 1. The first-order valence-electron chi connectivity index (χ1n) is 14.5. The number of rotatable bonds is 7. The number of ketones is 1. The Bertz CT molecular complexity index is 1310. The van der Waals surface area contributed by atoms with Gasteiger partial charge in [-0.15, -0.1) is 11.3 Å². The molecule has 0 radical (unpaired) electrons. The molecule has 2 fully saturated rings. The van der Waals surface area contributed by atoms with Crippen LogP contribution in [0.4, 0.5) is 0 Å². The minimum Gasteiger partial charge on any atom is -0.372 e. The molecule has 3 aliphatic rings. The van der Waals surface area contributed by atoms with Crippen LogP contribution < -0.4 is 0 Å². The number of Topliss-reactive ketones (excluding diaryl/α,β-unsaturated/α-hetero) is 1. The lowest BCUT2D eigenvalue weighted by atomic mass is 9.77. The predicted octanol–water partition coefficient (Wildman–Crippen LogP) is 6.16. The molecule has 38 heavy (non-hydrogen) atoms. The third-order valence-electron chi connectivity index (χ3n) is 8.87. The van der Waals surface area contributed by atoms with Crippen LogP contribution >= 0.6 is 11.3 Å². The molecule has 1 saturated heterocycles. The molecule has 0 bridgehead atoms. The topological polar surface area (TPSA) is 64.4 Å². The molecule has 2 aromatic heterocycles. The number of nitrogens with zero attached hydrogens (tertiary/aromatic N) is 3. The van der Waals surface area contributed by atoms with Crippen LogP contribution in [-0.2, 0) is 28.9 Å². The van der Waals surface area contributed by atoms with Crippen molar-refractivity contribution in [2.24, 2.45) is 5.92 Å². The highest BCUT2D eigenvalue weighted by Crippen LogP contribution is 2.41. The number of morpholine rings is 1. The molecule has 6 nitrogen and oxygen atoms in total. The van der Waals surface area contributed by atoms with E-state index in [-0.39, 0.29) is 23.9 Å². The van der Waals surface area contributed by atoms with E-state index < -0.39 is 0 Å². The highest BCUT2D eigenvalue weighted by molar-refractivity contribution is 7.17. The van der Waals surface area contributed by atoms with Gasteiger partial charge in [-0.05, 0) is 99.4 Å². The maximum atomic E-state index is 13.4. The first-order chi connectivity index (χ1) is 18.5. The minimum absolute atomic E-state index is 0.00801. The molecular weight excluding hydrogens is 494 g/mol. The lowest BCUT2D eigenvalue weighted by Crippen LogP contribution is -2.48. The van der Waals surface area contributed by atoms with Crippen molar-refractivity contribution in [1.82, 2.24) is 14.7 Å². The monoisotopic (exact) mass is 533 g/mol. The van der Waals surface area contributed by atoms with Gasteiger partial charge in [-0.25, -0.2) is 0 Å². The average molecular weight is 534 g/mol. The molecule has 202 valence electrons. The zero-order valence-corrected chi connectivity index (χ0v) is 23.5. The molecular formula is C31H39N3O3S. The number of ether oxygens (including phenoxy) is 1. The Balaban J connectivity index is 1.04. The van der Waals surface area contributed by atoms with Crippen LogP contribution in [0.5, 0.6) is 0 Å². The van der Waals surface area contributed by atoms with Gasteiger partial charge in [-0.1, -0.05) is 18.2 Å². The van der Waals surface area contributed by atoms with Crippen molar-refractivity contribution in [1.29, 1.82) is 0 Å². The summed E-state index contributed by atoms with van der Waals surface area (Å²) in [6.45, 7) is 5.49. The molecule has 6 rings (SSSR count). The summed E-state index contributed by atoms with van der Waals surface area (Å²) in [4.78, 5) is 28.3. The van der Waals surface area contributed by atoms with Gasteiger partial charge in [0, 0.05) is 35.5 Å². The van der Waals surface area contributed by atoms with E-state index in [2.05, 4.69) is 29.6 Å². The largest absolute Gasteiger partial charge is 0.372 e. The molecule has 2 atom stereocenters. The smallest absolute Gasteiger partial charge is 0.274 e. The van der Waals surface area contributed by atoms with Crippen molar-refractivity contribution in [2.45, 2.75) is 96.3 Å². The minimum atomic E-state index is -0.00801. The number of fused-ring (bicyclic) bond motifs is 2. The van der Waals surface area contributed by atoms with Crippen molar-refractivity contribution in [2.75, 3.05) is 13.1 Å². The SMILES string of the molecule is C[C@@H]1CN(C(=O)c2nn(CC(=O)CCC3CCC(c4cccc5ccsc45)CC3)c3c2CCC3)C[C@H](C)O1. The number of aromatic nitrogens is 2. The molecule has 1 aliphatic heterocycles. The standard InChI is InChI=1S/C31H39N3O3S/c1-20-17-33(18-21(2)37-20)31(36)29-27-7-4-8-28(27)34(32-29)19-25(35)14-11-22-9-12-23(13-10-22)26-6-3-5-24-15-16-38-30(24)26/h3,5-6,15-16,20-23H,4,7-14,17-19H2,1-2H3/t20-,21+,22?,23?. The molecule has 2 aliphatic carbocycles. The first-order valence-corrected chi connectivity index (χ1v) is 15.3. The Morgan fingerprint density at radius 1 is 1.05 bits per heavy atom. The van der Waals surface area contributed by atoms with Gasteiger partial charge in [-0.3, -0.25) is 14.3 Å². The molecule has 0 N–H and O–H groups in total. The number of carbonyl (C=O) groups excluding carboxylic acids is 2. The summed E-state index contributed by atoms with van der Waals surface area (Å²) in [5.41, 5.74) is 4.24. The maximum absolute atomic E-state index is 13.4. The average Bonchev–Trinajstić information content (AvgIpc) is 3.65. The van der Waals surface area contributed by atoms with Crippen molar-refractivity contribution in [3.63, 3.8) is 0 Å². The van der Waals surface area contributed by atoms with Crippen LogP contribution in [0.15, 0.2) is 29.6 Å². The summed E-state index contributed by atoms with van der Waals surface area (Å²) < 4.78 is 9.11. The molecule has 1 aromatic carbocycles. The molecule has 1 saturated carbocycles. The predicted molar refractivity (Wildman–Crippen MR) is 151 cm³/mol.